The van der Waals surface area contributed by atoms with Crippen LogP contribution in [0.4, 0.5) is 14.4 Å². The van der Waals surface area contributed by atoms with Crippen molar-refractivity contribution in [3.63, 3.8) is 0 Å². The van der Waals surface area contributed by atoms with Crippen molar-refractivity contribution < 1.29 is 119 Å². The van der Waals surface area contributed by atoms with Crippen LogP contribution in [0, 0.1) is 16.7 Å². The molecular formula is C88H139N3O24PS2+. The van der Waals surface area contributed by atoms with Crippen LogP contribution in [0.25, 0.3) is 0 Å². The maximum atomic E-state index is 15.5. The van der Waals surface area contributed by atoms with Crippen molar-refractivity contribution >= 4 is 77.4 Å². The second-order valence-corrected chi connectivity index (χ2v) is 38.8. The van der Waals surface area contributed by atoms with E-state index in [2.05, 4.69) is 24.5 Å². The summed E-state index contributed by atoms with van der Waals surface area (Å²) in [5.74, 6) is -5.81. The number of nitrogens with zero attached hydrogens (tertiary/aromatic N) is 1. The average molecular weight is 1720 g/mol. The molecule has 6 rings (SSSR count). The number of fused-ring (bicyclic) bond motifs is 5. The van der Waals surface area contributed by atoms with E-state index in [1.807, 2.05) is 27.2 Å². The Morgan fingerprint density at radius 1 is 0.703 bits per heavy atom. The van der Waals surface area contributed by atoms with Gasteiger partial charge in [-0.3, -0.25) is 23.4 Å². The number of likely N-dealkylation sites (N-methyl/N-ethyl adjacent to an activating group) is 1. The fraction of sp³-hybridized carbons (Fsp3) is 0.727. The number of alkyl carbamates (subject to hydrolysis) is 1. The number of esters is 3. The Morgan fingerprint density at radius 3 is 1.75 bits per heavy atom. The number of hydrogen-bond acceptors (Lipinski definition) is 25. The number of nitrogens with one attached hydrogen (secondary N) is 2. The van der Waals surface area contributed by atoms with Gasteiger partial charge in [-0.2, -0.15) is 0 Å². The SMILES string of the molecule is CCCCCCCCCCCCC/C=C/[C@@H](OC(=O)OCCSSCCOC(=O)O[C@@H](C(=O)O[C@H]1C[C@@]2(O)[C@@H](OC(=O)c3ccccc3)[C@@H]3[C@]4(OC(C)=O)CO[C@@H]4C[C@H](O)[C@@]3(C)C(=O)[C@H](O)C(=C1C)C2(C)C)[C@@H](NC(=O)OC(C)(C)C)c1ccccc1)[C@H](COP(=O)(O)OCC[N+](C)(C)C)NC(=O)CCCCCCCCCCCCCCC. The molecule has 2 saturated carbocycles. The van der Waals surface area contributed by atoms with Gasteiger partial charge in [0.25, 0.3) is 0 Å². The van der Waals surface area contributed by atoms with Crippen LogP contribution < -0.4 is 10.6 Å². The minimum absolute atomic E-state index is 0.0193. The Bertz CT molecular complexity index is 3580. The Hall–Kier alpha value is -6.11. The van der Waals surface area contributed by atoms with Crippen molar-refractivity contribution in [3.05, 3.63) is 95.1 Å². The van der Waals surface area contributed by atoms with E-state index in [-0.39, 0.29) is 79.0 Å². The molecule has 30 heteroatoms. The summed E-state index contributed by atoms with van der Waals surface area (Å²) >= 11 is 0. The highest BCUT2D eigenvalue weighted by Gasteiger charge is 2.78. The first-order valence-corrected chi connectivity index (χ1v) is 46.9. The van der Waals surface area contributed by atoms with Crippen molar-refractivity contribution in [2.45, 2.75) is 321 Å². The molecule has 3 fully saturated rings. The molecule has 14 atom stereocenters. The summed E-state index contributed by atoms with van der Waals surface area (Å²) in [4.78, 5) is 125. The molecule has 2 bridgehead atoms. The number of phosphoric acid groups is 1. The predicted octanol–water partition coefficient (Wildman–Crippen LogP) is 16.4. The fourth-order valence-corrected chi connectivity index (χ4v) is 18.6. The number of ether oxygens (including phenoxy) is 9. The van der Waals surface area contributed by atoms with E-state index in [1.54, 1.807) is 75.4 Å². The minimum Gasteiger partial charge on any atom is -0.455 e. The van der Waals surface area contributed by atoms with E-state index in [0.29, 0.717) is 23.9 Å². The molecule has 2 aromatic rings. The third kappa shape index (κ3) is 31.0. The standard InChI is InChI=1S/C88H138N3O24PS2/c1-14-16-18-20-22-24-26-28-30-32-34-36-44-50-67(66(60-109-116(103,104)108-53-52-91(11,12)13)89-71(94)51-45-37-35-33-31-29-27-25-23-21-19-17-15-2)111-82(100)105-54-56-117-118-57-55-106-83(101)112-75(73(64-46-40-38-41-47-64)90-81(99)115-84(5,6)7)80(98)110-68-59-88(102)78(113-79(97)65-48-42-39-43-49-65)76-86(10,77(96)74(95)72(62(68)3)85(88,8)9)69(93)58-70-87(76,61-107-70)114-63(4)92/h38-44,46-50,66-70,73-76,78,93,95,102H,14-37,45,51-61H2,1-13H3,(H2-,89,90,94,99,103,104)/p+1/b50-44+/t66-,67+,68-,69-,70+,73-,74+,75+,76-,78-,86+,87-,88+/m0/s1. The van der Waals surface area contributed by atoms with Crippen LogP contribution in [0.1, 0.15) is 271 Å². The zero-order chi connectivity index (χ0) is 86.7. The summed E-state index contributed by atoms with van der Waals surface area (Å²) in [5.41, 5.74) is -9.21. The van der Waals surface area contributed by atoms with Gasteiger partial charge in [0.2, 0.25) is 12.0 Å². The molecule has 2 amide bonds. The van der Waals surface area contributed by atoms with Gasteiger partial charge in [-0.15, -0.1) is 0 Å². The van der Waals surface area contributed by atoms with Gasteiger partial charge in [-0.1, -0.05) is 245 Å². The van der Waals surface area contributed by atoms with E-state index >= 15 is 9.59 Å². The van der Waals surface area contributed by atoms with Crippen molar-refractivity contribution in [3.8, 4) is 0 Å². The second kappa shape index (κ2) is 49.3. The summed E-state index contributed by atoms with van der Waals surface area (Å²) < 4.78 is 78.2. The molecule has 27 nitrogen and oxygen atoms in total. The van der Waals surface area contributed by atoms with Crippen LogP contribution in [0.5, 0.6) is 0 Å². The molecular weight excluding hydrogens is 1580 g/mol. The van der Waals surface area contributed by atoms with E-state index in [1.165, 1.54) is 158 Å². The molecule has 6 N–H and O–H groups in total. The van der Waals surface area contributed by atoms with Gasteiger partial charge in [0.1, 0.15) is 74.1 Å². The molecule has 1 heterocycles. The molecule has 118 heavy (non-hydrogen) atoms. The Kier molecular flexibility index (Phi) is 42.0. The van der Waals surface area contributed by atoms with Gasteiger partial charge < -0.3 is 78.0 Å². The summed E-state index contributed by atoms with van der Waals surface area (Å²) in [6.45, 7) is 15.2. The van der Waals surface area contributed by atoms with Crippen LogP contribution in [0.15, 0.2) is 84.0 Å². The minimum atomic E-state index is -4.67. The number of Topliss-reactive ketones (excluding diaryl/α,β-unsaturated/α-hetero) is 1. The molecule has 3 aliphatic carbocycles. The molecule has 4 aliphatic rings. The molecule has 0 aromatic heterocycles. The zero-order valence-electron chi connectivity index (χ0n) is 72.3. The van der Waals surface area contributed by atoms with Crippen LogP contribution >= 0.6 is 29.4 Å². The number of rotatable bonds is 53. The lowest BCUT2D eigenvalue weighted by molar-refractivity contribution is -0.870. The van der Waals surface area contributed by atoms with Gasteiger partial charge in [0.15, 0.2) is 11.4 Å². The van der Waals surface area contributed by atoms with Crippen molar-refractivity contribution in [2.24, 2.45) is 16.7 Å². The highest BCUT2D eigenvalue weighted by molar-refractivity contribution is 8.76. The lowest BCUT2D eigenvalue weighted by Crippen LogP contribution is -2.81. The molecule has 0 radical (unpaired) electrons. The number of phosphoric ester groups is 1. The van der Waals surface area contributed by atoms with Gasteiger partial charge in [0.05, 0.1) is 63.4 Å². The number of allylic oxidation sites excluding steroid dienone is 1. The predicted molar refractivity (Wildman–Crippen MR) is 452 cm³/mol. The molecule has 1 unspecified atom stereocenters. The summed E-state index contributed by atoms with van der Waals surface area (Å²) in [7, 11) is 3.53. The van der Waals surface area contributed by atoms with Gasteiger partial charge in [0, 0.05) is 43.1 Å². The summed E-state index contributed by atoms with van der Waals surface area (Å²) in [6.07, 6.45) is 15.6. The lowest BCUT2D eigenvalue weighted by atomic mass is 9.44. The zero-order valence-corrected chi connectivity index (χ0v) is 74.8. The Morgan fingerprint density at radius 2 is 1.23 bits per heavy atom. The third-order valence-corrected chi connectivity index (χ3v) is 26.2. The first kappa shape index (κ1) is 101. The quantitative estimate of drug-likeness (QED) is 0.00681. The van der Waals surface area contributed by atoms with Crippen LogP contribution in [0.3, 0.4) is 0 Å². The maximum Gasteiger partial charge on any atom is 0.509 e. The molecule has 1 saturated heterocycles. The monoisotopic (exact) mass is 1720 g/mol. The third-order valence-electron chi connectivity index (χ3n) is 22.8. The number of unbranched alkanes of at least 4 members (excludes halogenated alkanes) is 23. The molecule has 2 aromatic carbocycles. The maximum absolute atomic E-state index is 15.5. The summed E-state index contributed by atoms with van der Waals surface area (Å²) in [5, 5.41) is 44.4. The lowest BCUT2D eigenvalue weighted by Gasteiger charge is -2.67. The van der Waals surface area contributed by atoms with Gasteiger partial charge in [-0.25, -0.2) is 28.5 Å². The average Bonchev–Trinajstić information content (AvgIpc) is 0.669. The highest BCUT2D eigenvalue weighted by Crippen LogP contribution is 2.64. The summed E-state index contributed by atoms with van der Waals surface area (Å²) in [6, 6.07) is 13.0. The van der Waals surface area contributed by atoms with Gasteiger partial charge >= 0.3 is 44.1 Å². The van der Waals surface area contributed by atoms with Crippen molar-refractivity contribution in [2.75, 3.05) is 72.2 Å². The topological polar surface area (TPSA) is 360 Å². The van der Waals surface area contributed by atoms with Gasteiger partial charge in [-0.05, 0) is 88.8 Å². The number of carbonyl (C=O) groups excluding carboxylic acids is 8. The largest absolute Gasteiger partial charge is 0.509 e. The van der Waals surface area contributed by atoms with E-state index < -0.39 is 151 Å². The van der Waals surface area contributed by atoms with Crippen molar-refractivity contribution in [1.29, 1.82) is 0 Å². The van der Waals surface area contributed by atoms with E-state index in [4.69, 9.17) is 51.7 Å². The first-order chi connectivity index (χ1) is 55.9. The van der Waals surface area contributed by atoms with Crippen LogP contribution in [-0.4, -0.2) is 210 Å². The number of hydrogen-bond donors (Lipinski definition) is 6. The fourth-order valence-electron chi connectivity index (χ4n) is 16.2. The van der Waals surface area contributed by atoms with E-state index in [9.17, 15) is 53.5 Å². The number of benzene rings is 2. The number of amides is 2. The number of aliphatic hydroxyl groups excluding tert-OH is 2. The Labute approximate surface area is 708 Å². The number of ketones is 1. The smallest absolute Gasteiger partial charge is 0.455 e. The first-order valence-electron chi connectivity index (χ1n) is 42.9. The molecule has 666 valence electrons. The number of carbonyl (C=O) groups is 8. The number of aliphatic hydroxyl groups is 3. The molecule has 1 aliphatic heterocycles. The van der Waals surface area contributed by atoms with Crippen molar-refractivity contribution in [1.82, 2.24) is 10.6 Å². The van der Waals surface area contributed by atoms with Crippen LogP contribution in [-0.2, 0) is 75.4 Å². The normalized spacial score (nSPS) is 23.7. The highest BCUT2D eigenvalue weighted by atomic mass is 33.1. The van der Waals surface area contributed by atoms with Crippen LogP contribution in [0.2, 0.25) is 0 Å². The molecule has 0 spiro atoms. The van der Waals surface area contributed by atoms with E-state index in [0.717, 1.165) is 58.3 Å². The number of quaternary nitrogens is 1. The second-order valence-electron chi connectivity index (χ2n) is 34.6. The Balaban J connectivity index is 1.17.